The van der Waals surface area contributed by atoms with Gasteiger partial charge in [0.05, 0.1) is 0 Å². The minimum Gasteiger partial charge on any atom is -0.312 e. The number of hydrogen-bond acceptors (Lipinski definition) is 2. The van der Waals surface area contributed by atoms with Gasteiger partial charge in [-0.25, -0.2) is 0 Å². The molecular weight excluding hydrogens is 256 g/mol. The molecule has 2 fully saturated rings. The van der Waals surface area contributed by atoms with Gasteiger partial charge in [-0.15, -0.1) is 0 Å². The molecule has 0 aromatic rings. The molecule has 0 aromatic carbocycles. The molecule has 1 atom stereocenters. The van der Waals surface area contributed by atoms with E-state index in [1.807, 2.05) is 0 Å². The van der Waals surface area contributed by atoms with Crippen molar-refractivity contribution >= 4 is 0 Å². The van der Waals surface area contributed by atoms with Crippen LogP contribution in [0.1, 0.15) is 85.0 Å². The molecule has 0 bridgehead atoms. The third kappa shape index (κ3) is 4.96. The zero-order chi connectivity index (χ0) is 15.1. The summed E-state index contributed by atoms with van der Waals surface area (Å²) in [6.45, 7) is 11.1. The lowest BCUT2D eigenvalue weighted by atomic mass is 9.84. The molecule has 0 radical (unpaired) electrons. The van der Waals surface area contributed by atoms with Crippen LogP contribution in [0.2, 0.25) is 0 Å². The monoisotopic (exact) mass is 294 g/mol. The predicted octanol–water partition coefficient (Wildman–Crippen LogP) is 4.59. The fourth-order valence-electron chi connectivity index (χ4n) is 4.39. The van der Waals surface area contributed by atoms with Crippen molar-refractivity contribution in [2.45, 2.75) is 96.6 Å². The van der Waals surface area contributed by atoms with E-state index in [4.69, 9.17) is 0 Å². The maximum Gasteiger partial charge on any atom is 0.0306 e. The molecular formula is C19H38N2. The van der Waals surface area contributed by atoms with Gasteiger partial charge in [0.15, 0.2) is 0 Å². The maximum absolute atomic E-state index is 3.91. The molecule has 2 heteroatoms. The third-order valence-electron chi connectivity index (χ3n) is 5.96. The van der Waals surface area contributed by atoms with E-state index in [2.05, 4.69) is 31.0 Å². The first kappa shape index (κ1) is 17.3. The Morgan fingerprint density at radius 2 is 1.62 bits per heavy atom. The van der Waals surface area contributed by atoms with Crippen LogP contribution in [0, 0.1) is 5.92 Å². The fraction of sp³-hybridized carbons (Fsp3) is 1.00. The number of hydrogen-bond donors (Lipinski definition) is 1. The van der Waals surface area contributed by atoms with Gasteiger partial charge in [-0.2, -0.15) is 0 Å². The minimum absolute atomic E-state index is 0.308. The fourth-order valence-corrected chi connectivity index (χ4v) is 4.39. The van der Waals surface area contributed by atoms with Gasteiger partial charge in [-0.05, 0) is 65.1 Å². The van der Waals surface area contributed by atoms with Crippen LogP contribution in [0.4, 0.5) is 0 Å². The van der Waals surface area contributed by atoms with E-state index < -0.39 is 0 Å². The highest BCUT2D eigenvalue weighted by Gasteiger charge is 2.36. The summed E-state index contributed by atoms with van der Waals surface area (Å²) in [6, 6.07) is 0.665. The summed E-state index contributed by atoms with van der Waals surface area (Å²) in [6.07, 6.45) is 14.2. The summed E-state index contributed by atoms with van der Waals surface area (Å²) in [5, 5.41) is 3.91. The van der Waals surface area contributed by atoms with Crippen molar-refractivity contribution in [1.82, 2.24) is 10.2 Å². The van der Waals surface area contributed by atoms with Gasteiger partial charge in [-0.3, -0.25) is 4.90 Å². The largest absolute Gasteiger partial charge is 0.312 e. The second-order valence-corrected chi connectivity index (χ2v) is 7.95. The van der Waals surface area contributed by atoms with Gasteiger partial charge >= 0.3 is 0 Å². The van der Waals surface area contributed by atoms with Crippen molar-refractivity contribution in [1.29, 1.82) is 0 Å². The standard InChI is InChI=1S/C19H38N2/c1-4-13-20-18(16-17-11-7-8-12-17)19(2,3)21-14-9-5-6-10-15-21/h17-18,20H,4-16H2,1-3H3. The molecule has 1 N–H and O–H groups in total. The van der Waals surface area contributed by atoms with E-state index in [9.17, 15) is 0 Å². The highest BCUT2D eigenvalue weighted by Crippen LogP contribution is 2.33. The molecule has 1 aliphatic heterocycles. The van der Waals surface area contributed by atoms with E-state index in [0.717, 1.165) is 5.92 Å². The molecule has 1 saturated heterocycles. The normalized spacial score (nSPS) is 24.1. The van der Waals surface area contributed by atoms with Crippen LogP contribution in [0.3, 0.4) is 0 Å². The number of rotatable bonds is 7. The quantitative estimate of drug-likeness (QED) is 0.739. The van der Waals surface area contributed by atoms with Crippen LogP contribution >= 0.6 is 0 Å². The molecule has 0 amide bonds. The molecule has 0 spiro atoms. The predicted molar refractivity (Wildman–Crippen MR) is 92.8 cm³/mol. The van der Waals surface area contributed by atoms with Crippen molar-refractivity contribution in [3.05, 3.63) is 0 Å². The van der Waals surface area contributed by atoms with Crippen molar-refractivity contribution in [3.63, 3.8) is 0 Å². The Morgan fingerprint density at radius 3 is 2.19 bits per heavy atom. The Hall–Kier alpha value is -0.0800. The topological polar surface area (TPSA) is 15.3 Å². The zero-order valence-corrected chi connectivity index (χ0v) is 14.8. The molecule has 1 unspecified atom stereocenters. The van der Waals surface area contributed by atoms with Gasteiger partial charge in [0.25, 0.3) is 0 Å². The van der Waals surface area contributed by atoms with Crippen LogP contribution in [-0.2, 0) is 0 Å². The second kappa shape index (κ2) is 8.53. The first-order valence-electron chi connectivity index (χ1n) is 9.63. The lowest BCUT2D eigenvalue weighted by molar-refractivity contribution is 0.0731. The lowest BCUT2D eigenvalue weighted by Crippen LogP contribution is -2.58. The first-order chi connectivity index (χ1) is 10.1. The summed E-state index contributed by atoms with van der Waals surface area (Å²) in [4.78, 5) is 2.79. The molecule has 2 nitrogen and oxygen atoms in total. The number of nitrogens with one attached hydrogen (secondary N) is 1. The zero-order valence-electron chi connectivity index (χ0n) is 14.8. The molecule has 21 heavy (non-hydrogen) atoms. The smallest absolute Gasteiger partial charge is 0.0306 e. The third-order valence-corrected chi connectivity index (χ3v) is 5.96. The summed E-state index contributed by atoms with van der Waals surface area (Å²) in [5.41, 5.74) is 0.308. The number of nitrogens with zero attached hydrogens (tertiary/aromatic N) is 1. The van der Waals surface area contributed by atoms with E-state index in [0.29, 0.717) is 11.6 Å². The number of likely N-dealkylation sites (tertiary alicyclic amines) is 1. The molecule has 1 heterocycles. The van der Waals surface area contributed by atoms with Gasteiger partial charge in [0, 0.05) is 11.6 Å². The molecule has 2 rings (SSSR count). The Kier molecular flexibility index (Phi) is 7.01. The summed E-state index contributed by atoms with van der Waals surface area (Å²) in [5.74, 6) is 0.977. The van der Waals surface area contributed by atoms with E-state index in [1.165, 1.54) is 83.8 Å². The molecule has 1 aliphatic carbocycles. The molecule has 2 aliphatic rings. The highest BCUT2D eigenvalue weighted by atomic mass is 15.2. The highest BCUT2D eigenvalue weighted by molar-refractivity contribution is 4.95. The van der Waals surface area contributed by atoms with Crippen molar-refractivity contribution in [3.8, 4) is 0 Å². The Bertz CT molecular complexity index is 273. The van der Waals surface area contributed by atoms with E-state index in [-0.39, 0.29) is 0 Å². The van der Waals surface area contributed by atoms with Crippen molar-refractivity contribution < 1.29 is 0 Å². The SMILES string of the molecule is CCCNC(CC1CCCC1)C(C)(C)N1CCCCCC1. The first-order valence-corrected chi connectivity index (χ1v) is 9.63. The Balaban J connectivity index is 2.00. The van der Waals surface area contributed by atoms with Crippen LogP contribution < -0.4 is 5.32 Å². The average Bonchev–Trinajstić information content (AvgIpc) is 2.82. The van der Waals surface area contributed by atoms with Crippen LogP contribution in [0.5, 0.6) is 0 Å². The summed E-state index contributed by atoms with van der Waals surface area (Å²) in [7, 11) is 0. The van der Waals surface area contributed by atoms with Gasteiger partial charge in [-0.1, -0.05) is 45.4 Å². The van der Waals surface area contributed by atoms with Crippen LogP contribution in [-0.4, -0.2) is 36.1 Å². The summed E-state index contributed by atoms with van der Waals surface area (Å²) < 4.78 is 0. The lowest BCUT2D eigenvalue weighted by Gasteiger charge is -2.45. The molecule has 124 valence electrons. The Morgan fingerprint density at radius 1 is 1.00 bits per heavy atom. The van der Waals surface area contributed by atoms with E-state index >= 15 is 0 Å². The van der Waals surface area contributed by atoms with Crippen LogP contribution in [0.15, 0.2) is 0 Å². The molecule has 1 saturated carbocycles. The van der Waals surface area contributed by atoms with Gasteiger partial charge in [0.2, 0.25) is 0 Å². The average molecular weight is 295 g/mol. The summed E-state index contributed by atoms with van der Waals surface area (Å²) >= 11 is 0. The Labute approximate surface area is 133 Å². The molecule has 0 aromatic heterocycles. The van der Waals surface area contributed by atoms with Crippen LogP contribution in [0.25, 0.3) is 0 Å². The van der Waals surface area contributed by atoms with Gasteiger partial charge in [0.1, 0.15) is 0 Å². The van der Waals surface area contributed by atoms with Gasteiger partial charge < -0.3 is 5.32 Å². The second-order valence-electron chi connectivity index (χ2n) is 7.95. The minimum atomic E-state index is 0.308. The van der Waals surface area contributed by atoms with Crippen molar-refractivity contribution in [2.24, 2.45) is 5.92 Å². The van der Waals surface area contributed by atoms with E-state index in [1.54, 1.807) is 0 Å². The maximum atomic E-state index is 3.91. The van der Waals surface area contributed by atoms with Crippen molar-refractivity contribution in [2.75, 3.05) is 19.6 Å².